The van der Waals surface area contributed by atoms with Crippen molar-refractivity contribution in [2.75, 3.05) is 13.1 Å². The lowest BCUT2D eigenvalue weighted by molar-refractivity contribution is -0.118. The molecule has 0 aliphatic heterocycles. The topological polar surface area (TPSA) is 41.1 Å². The summed E-state index contributed by atoms with van der Waals surface area (Å²) < 4.78 is 0. The monoisotopic (exact) mass is 226 g/mol. The van der Waals surface area contributed by atoms with Gasteiger partial charge in [0.1, 0.15) is 0 Å². The van der Waals surface area contributed by atoms with Crippen LogP contribution < -0.4 is 10.6 Å². The van der Waals surface area contributed by atoms with Crippen LogP contribution in [0.5, 0.6) is 0 Å². The largest absolute Gasteiger partial charge is 0.355 e. The Labute approximate surface area is 99.4 Å². The summed E-state index contributed by atoms with van der Waals surface area (Å²) in [4.78, 5) is 10.7. The van der Waals surface area contributed by atoms with Crippen molar-refractivity contribution in [3.63, 3.8) is 0 Å². The summed E-state index contributed by atoms with van der Waals surface area (Å²) in [6.07, 6.45) is 8.34. The van der Waals surface area contributed by atoms with E-state index in [4.69, 9.17) is 0 Å². The Kier molecular flexibility index (Phi) is 6.46. The van der Waals surface area contributed by atoms with Crippen molar-refractivity contribution in [1.82, 2.24) is 10.6 Å². The van der Waals surface area contributed by atoms with Crippen molar-refractivity contribution >= 4 is 5.91 Å². The summed E-state index contributed by atoms with van der Waals surface area (Å²) >= 11 is 0. The smallest absolute Gasteiger partial charge is 0.216 e. The molecular formula is C13H26N2O. The van der Waals surface area contributed by atoms with Crippen molar-refractivity contribution < 1.29 is 4.79 Å². The first kappa shape index (κ1) is 13.5. The third kappa shape index (κ3) is 5.50. The summed E-state index contributed by atoms with van der Waals surface area (Å²) in [5, 5.41) is 6.34. The van der Waals surface area contributed by atoms with Crippen LogP contribution in [0.3, 0.4) is 0 Å². The highest BCUT2D eigenvalue weighted by Gasteiger charge is 2.18. The highest BCUT2D eigenvalue weighted by molar-refractivity contribution is 5.72. The average molecular weight is 226 g/mol. The molecule has 3 heteroatoms. The molecule has 0 unspecified atom stereocenters. The van der Waals surface area contributed by atoms with Crippen LogP contribution in [0.4, 0.5) is 0 Å². The van der Waals surface area contributed by atoms with Gasteiger partial charge in [-0.15, -0.1) is 0 Å². The molecule has 94 valence electrons. The molecule has 3 nitrogen and oxygen atoms in total. The van der Waals surface area contributed by atoms with Gasteiger partial charge in [0.25, 0.3) is 0 Å². The van der Waals surface area contributed by atoms with E-state index in [0.717, 1.165) is 19.0 Å². The zero-order chi connectivity index (χ0) is 11.8. The van der Waals surface area contributed by atoms with Crippen LogP contribution in [-0.2, 0) is 4.79 Å². The van der Waals surface area contributed by atoms with Crippen molar-refractivity contribution in [2.45, 2.75) is 58.4 Å². The van der Waals surface area contributed by atoms with E-state index in [1.165, 1.54) is 38.5 Å². The molecule has 1 atom stereocenters. The lowest BCUT2D eigenvalue weighted by Crippen LogP contribution is -2.38. The Balaban J connectivity index is 2.12. The number of hydrogen-bond acceptors (Lipinski definition) is 2. The number of nitrogens with one attached hydrogen (secondary N) is 2. The molecule has 0 spiro atoms. The standard InChI is InChI=1S/C13H26N2O/c1-11(14-9-10-15-12(2)16)13-7-5-3-4-6-8-13/h11,13-14H,3-10H2,1-2H3,(H,15,16)/t11-/m0/s1. The summed E-state index contributed by atoms with van der Waals surface area (Å²) in [5.74, 6) is 0.892. The molecule has 2 N–H and O–H groups in total. The zero-order valence-corrected chi connectivity index (χ0v) is 10.7. The number of rotatable bonds is 5. The van der Waals surface area contributed by atoms with Crippen LogP contribution in [0.15, 0.2) is 0 Å². The zero-order valence-electron chi connectivity index (χ0n) is 10.7. The van der Waals surface area contributed by atoms with Crippen LogP contribution in [0, 0.1) is 5.92 Å². The second-order valence-electron chi connectivity index (χ2n) is 4.98. The highest BCUT2D eigenvalue weighted by atomic mass is 16.1. The van der Waals surface area contributed by atoms with E-state index in [-0.39, 0.29) is 5.91 Å². The predicted molar refractivity (Wildman–Crippen MR) is 67.3 cm³/mol. The van der Waals surface area contributed by atoms with Crippen LogP contribution >= 0.6 is 0 Å². The Bertz CT molecular complexity index is 198. The van der Waals surface area contributed by atoms with Gasteiger partial charge in [-0.2, -0.15) is 0 Å². The maximum absolute atomic E-state index is 10.7. The number of hydrogen-bond donors (Lipinski definition) is 2. The SMILES string of the molecule is CC(=O)NCCN[C@@H](C)C1CCCCCC1. The maximum Gasteiger partial charge on any atom is 0.216 e. The second-order valence-corrected chi connectivity index (χ2v) is 4.98. The van der Waals surface area contributed by atoms with Gasteiger partial charge in [-0.05, 0) is 25.7 Å². The minimum atomic E-state index is 0.0592. The van der Waals surface area contributed by atoms with E-state index in [1.807, 2.05) is 0 Å². The first-order valence-electron chi connectivity index (χ1n) is 6.68. The van der Waals surface area contributed by atoms with Gasteiger partial charge in [0.05, 0.1) is 0 Å². The van der Waals surface area contributed by atoms with Crippen LogP contribution in [0.25, 0.3) is 0 Å². The molecule has 1 saturated carbocycles. The van der Waals surface area contributed by atoms with E-state index in [9.17, 15) is 4.79 Å². The Morgan fingerprint density at radius 1 is 1.19 bits per heavy atom. The highest BCUT2D eigenvalue weighted by Crippen LogP contribution is 2.25. The fraction of sp³-hybridized carbons (Fsp3) is 0.923. The van der Waals surface area contributed by atoms with Crippen LogP contribution in [0.2, 0.25) is 0 Å². The Hall–Kier alpha value is -0.570. The van der Waals surface area contributed by atoms with E-state index in [0.29, 0.717) is 6.04 Å². The summed E-state index contributed by atoms with van der Waals surface area (Å²) in [5.41, 5.74) is 0. The predicted octanol–water partition coefficient (Wildman–Crippen LogP) is 2.07. The molecule has 0 heterocycles. The van der Waals surface area contributed by atoms with E-state index in [1.54, 1.807) is 6.92 Å². The quantitative estimate of drug-likeness (QED) is 0.556. The lowest BCUT2D eigenvalue weighted by atomic mass is 9.93. The van der Waals surface area contributed by atoms with Crippen molar-refractivity contribution in [3.05, 3.63) is 0 Å². The molecule has 0 saturated heterocycles. The molecule has 0 radical (unpaired) electrons. The minimum Gasteiger partial charge on any atom is -0.355 e. The third-order valence-electron chi connectivity index (χ3n) is 3.57. The van der Waals surface area contributed by atoms with Crippen LogP contribution in [0.1, 0.15) is 52.4 Å². The maximum atomic E-state index is 10.7. The average Bonchev–Trinajstić information content (AvgIpc) is 2.52. The molecule has 0 aromatic carbocycles. The molecule has 1 aliphatic rings. The molecule has 0 aromatic rings. The third-order valence-corrected chi connectivity index (χ3v) is 3.57. The van der Waals surface area contributed by atoms with Gasteiger partial charge in [-0.25, -0.2) is 0 Å². The summed E-state index contributed by atoms with van der Waals surface area (Å²) in [6, 6.07) is 0.590. The van der Waals surface area contributed by atoms with Crippen molar-refractivity contribution in [2.24, 2.45) is 5.92 Å². The van der Waals surface area contributed by atoms with E-state index >= 15 is 0 Å². The van der Waals surface area contributed by atoms with Gasteiger partial charge in [0.15, 0.2) is 0 Å². The molecule has 16 heavy (non-hydrogen) atoms. The number of amides is 1. The van der Waals surface area contributed by atoms with Gasteiger partial charge < -0.3 is 10.6 Å². The fourth-order valence-corrected chi connectivity index (χ4v) is 2.52. The molecule has 1 aliphatic carbocycles. The van der Waals surface area contributed by atoms with Crippen LogP contribution in [-0.4, -0.2) is 25.0 Å². The molecular weight excluding hydrogens is 200 g/mol. The van der Waals surface area contributed by atoms with E-state index < -0.39 is 0 Å². The van der Waals surface area contributed by atoms with Crippen molar-refractivity contribution in [3.8, 4) is 0 Å². The van der Waals surface area contributed by atoms with Gasteiger partial charge in [0.2, 0.25) is 5.91 Å². The number of carbonyl (C=O) groups is 1. The number of carbonyl (C=O) groups excluding carboxylic acids is 1. The molecule has 1 amide bonds. The second kappa shape index (κ2) is 7.66. The van der Waals surface area contributed by atoms with Gasteiger partial charge >= 0.3 is 0 Å². The fourth-order valence-electron chi connectivity index (χ4n) is 2.52. The molecule has 0 bridgehead atoms. The summed E-state index contributed by atoms with van der Waals surface area (Å²) in [6.45, 7) is 5.47. The first-order chi connectivity index (χ1) is 7.70. The molecule has 1 rings (SSSR count). The van der Waals surface area contributed by atoms with E-state index in [2.05, 4.69) is 17.6 Å². The molecule has 0 aromatic heterocycles. The van der Waals surface area contributed by atoms with Crippen molar-refractivity contribution in [1.29, 1.82) is 0 Å². The first-order valence-corrected chi connectivity index (χ1v) is 6.68. The molecule has 1 fully saturated rings. The van der Waals surface area contributed by atoms with Gasteiger partial charge in [0, 0.05) is 26.1 Å². The van der Waals surface area contributed by atoms with Gasteiger partial charge in [-0.1, -0.05) is 25.7 Å². The minimum absolute atomic E-state index is 0.0592. The Morgan fingerprint density at radius 3 is 2.38 bits per heavy atom. The lowest BCUT2D eigenvalue weighted by Gasteiger charge is -2.23. The summed E-state index contributed by atoms with van der Waals surface area (Å²) in [7, 11) is 0. The Morgan fingerprint density at radius 2 is 1.81 bits per heavy atom. The normalized spacial score (nSPS) is 20.1. The van der Waals surface area contributed by atoms with Gasteiger partial charge in [-0.3, -0.25) is 4.79 Å².